The fourth-order valence-corrected chi connectivity index (χ4v) is 4.02. The average Bonchev–Trinajstić information content (AvgIpc) is 3.16. The highest BCUT2D eigenvalue weighted by molar-refractivity contribution is 6.37. The van der Waals surface area contributed by atoms with E-state index in [2.05, 4.69) is 25.0 Å². The zero-order valence-electron chi connectivity index (χ0n) is 16.5. The molecule has 0 bridgehead atoms. The fourth-order valence-electron chi connectivity index (χ4n) is 3.45. The number of aromatic nitrogens is 4. The van der Waals surface area contributed by atoms with Crippen molar-refractivity contribution in [2.75, 3.05) is 5.32 Å². The number of ether oxygens (including phenoxy) is 1. The van der Waals surface area contributed by atoms with Crippen molar-refractivity contribution in [2.45, 2.75) is 25.3 Å². The predicted molar refractivity (Wildman–Crippen MR) is 117 cm³/mol. The van der Waals surface area contributed by atoms with E-state index < -0.39 is 11.7 Å². The Morgan fingerprint density at radius 3 is 2.53 bits per heavy atom. The van der Waals surface area contributed by atoms with Gasteiger partial charge in [-0.25, -0.2) is 9.59 Å². The van der Waals surface area contributed by atoms with E-state index in [4.69, 9.17) is 27.9 Å². The van der Waals surface area contributed by atoms with Gasteiger partial charge < -0.3 is 15.0 Å². The predicted octanol–water partition coefficient (Wildman–Crippen LogP) is 3.87. The van der Waals surface area contributed by atoms with Gasteiger partial charge in [-0.15, -0.1) is 0 Å². The number of carbonyl (C=O) groups is 1. The first-order valence-corrected chi connectivity index (χ1v) is 10.3. The van der Waals surface area contributed by atoms with Crippen LogP contribution in [0.3, 0.4) is 0 Å². The Hall–Kier alpha value is -3.50. The molecule has 2 aromatic heterocycles. The summed E-state index contributed by atoms with van der Waals surface area (Å²) >= 11 is 12.7. The maximum atomic E-state index is 12.4. The molecular weight excluding hydrogens is 461 g/mol. The number of imidazole rings is 1. The number of nitrogens with one attached hydrogen (secondary N) is 3. The van der Waals surface area contributed by atoms with Crippen LogP contribution in [-0.2, 0) is 5.54 Å². The second kappa shape index (κ2) is 7.28. The molecule has 0 radical (unpaired) electrons. The van der Waals surface area contributed by atoms with Crippen LogP contribution in [0.4, 0.5) is 5.69 Å². The molecule has 1 saturated carbocycles. The van der Waals surface area contributed by atoms with E-state index in [1.165, 1.54) is 12.1 Å². The van der Waals surface area contributed by atoms with Gasteiger partial charge in [-0.05, 0) is 49.2 Å². The van der Waals surface area contributed by atoms with E-state index in [0.29, 0.717) is 11.3 Å². The molecule has 32 heavy (non-hydrogen) atoms. The highest BCUT2D eigenvalue weighted by atomic mass is 35.5. The molecule has 5 rings (SSSR count). The average molecular weight is 476 g/mol. The lowest BCUT2D eigenvalue weighted by atomic mass is 10.2. The first-order valence-electron chi connectivity index (χ1n) is 9.53. The van der Waals surface area contributed by atoms with Gasteiger partial charge in [0.25, 0.3) is 5.91 Å². The number of nitrogens with zero attached hydrogens (tertiary/aromatic N) is 2. The summed E-state index contributed by atoms with van der Waals surface area (Å²) in [5.41, 5.74) is 1.33. The minimum Gasteiger partial charge on any atom is -0.454 e. The number of benzene rings is 2. The molecular formula is C20H15Cl2N5O5. The van der Waals surface area contributed by atoms with Crippen LogP contribution < -0.4 is 21.5 Å². The fraction of sp³-hybridized carbons (Fsp3) is 0.200. The molecule has 10 nitrogen and oxygen atoms in total. The van der Waals surface area contributed by atoms with E-state index in [-0.39, 0.29) is 38.5 Å². The minimum atomic E-state index is -0.851. The molecule has 0 unspecified atom stereocenters. The molecule has 0 atom stereocenters. The van der Waals surface area contributed by atoms with Gasteiger partial charge in [0, 0.05) is 17.3 Å². The number of hydrogen-bond donors (Lipinski definition) is 3. The third kappa shape index (κ3) is 3.57. The molecule has 164 valence electrons. The zero-order chi connectivity index (χ0) is 22.6. The number of aromatic amines is 2. The quantitative estimate of drug-likeness (QED) is 0.400. The third-order valence-corrected chi connectivity index (χ3v) is 5.86. The summed E-state index contributed by atoms with van der Waals surface area (Å²) in [6, 6.07) is 8.08. The van der Waals surface area contributed by atoms with Gasteiger partial charge in [0.1, 0.15) is 5.75 Å². The van der Waals surface area contributed by atoms with Crippen molar-refractivity contribution in [1.82, 2.24) is 19.7 Å². The van der Waals surface area contributed by atoms with Gasteiger partial charge in [0.2, 0.25) is 5.82 Å². The van der Waals surface area contributed by atoms with Crippen molar-refractivity contribution in [3.05, 3.63) is 67.2 Å². The van der Waals surface area contributed by atoms with Gasteiger partial charge >= 0.3 is 11.4 Å². The largest absolute Gasteiger partial charge is 0.454 e. The summed E-state index contributed by atoms with van der Waals surface area (Å²) < 4.78 is 12.0. The Bertz CT molecular complexity index is 1470. The molecule has 2 heterocycles. The lowest BCUT2D eigenvalue weighted by Gasteiger charge is -2.14. The molecule has 0 saturated heterocycles. The van der Waals surface area contributed by atoms with E-state index in [9.17, 15) is 14.4 Å². The number of H-pyrrole nitrogens is 2. The number of carbonyl (C=O) groups excluding carboxylic acids is 1. The van der Waals surface area contributed by atoms with Crippen molar-refractivity contribution in [3.63, 3.8) is 0 Å². The molecule has 12 heteroatoms. The molecule has 0 aliphatic heterocycles. The van der Waals surface area contributed by atoms with Crippen LogP contribution in [-0.4, -0.2) is 25.6 Å². The number of halogens is 2. The lowest BCUT2D eigenvalue weighted by Crippen LogP contribution is -2.25. The van der Waals surface area contributed by atoms with Gasteiger partial charge in [0.05, 0.1) is 21.1 Å². The molecule has 3 N–H and O–H groups in total. The Kier molecular flexibility index (Phi) is 4.64. The van der Waals surface area contributed by atoms with Crippen molar-refractivity contribution >= 4 is 45.8 Å². The highest BCUT2D eigenvalue weighted by Gasteiger charge is 2.41. The van der Waals surface area contributed by atoms with Crippen molar-refractivity contribution < 1.29 is 14.1 Å². The number of amides is 1. The first kappa shape index (κ1) is 20.4. The van der Waals surface area contributed by atoms with Crippen LogP contribution in [0.1, 0.15) is 30.4 Å². The Morgan fingerprint density at radius 2 is 1.91 bits per heavy atom. The molecule has 1 aliphatic carbocycles. The van der Waals surface area contributed by atoms with E-state index in [1.807, 2.05) is 6.92 Å². The zero-order valence-corrected chi connectivity index (χ0v) is 18.0. The van der Waals surface area contributed by atoms with Gasteiger partial charge in [0.15, 0.2) is 5.75 Å². The van der Waals surface area contributed by atoms with Gasteiger partial charge in [-0.3, -0.25) is 18.9 Å². The molecule has 0 spiro atoms. The number of hydrogen-bond acceptors (Lipinski definition) is 6. The van der Waals surface area contributed by atoms with Crippen LogP contribution in [0.15, 0.2) is 44.4 Å². The number of fused-ring (bicyclic) bond motifs is 1. The molecule has 1 aliphatic rings. The Labute approximate surface area is 189 Å². The van der Waals surface area contributed by atoms with Crippen LogP contribution in [0.5, 0.6) is 11.5 Å². The molecule has 4 aromatic rings. The topological polar surface area (TPSA) is 135 Å². The monoisotopic (exact) mass is 475 g/mol. The second-order valence-electron chi connectivity index (χ2n) is 7.71. The summed E-state index contributed by atoms with van der Waals surface area (Å²) in [4.78, 5) is 40.5. The molecule has 2 aromatic carbocycles. The Balaban J connectivity index is 1.43. The lowest BCUT2D eigenvalue weighted by molar-refractivity contribution is 0.101. The standard InChI is InChI=1S/C20H15Cl2N5O5/c1-20(4-5-20)27-14-8-10(2-3-13(14)24-18(27)29)31-15-11(21)6-9(7-12(15)22)23-17(28)16-25-19(30)32-26-16/h2-3,6-8H,4-5H2,1H3,(H,23,28)(H,24,29)(H,25,26,30). The summed E-state index contributed by atoms with van der Waals surface area (Å²) in [7, 11) is 0. The van der Waals surface area contributed by atoms with Gasteiger partial charge in [-0.1, -0.05) is 23.2 Å². The molecule has 1 amide bonds. The SMILES string of the molecule is CC1(n2c(=O)[nH]c3ccc(Oc4c(Cl)cc(NC(=O)c5noc(=O)[nH]5)cc4Cl)cc32)CC1. The third-order valence-electron chi connectivity index (χ3n) is 5.30. The first-order chi connectivity index (χ1) is 15.2. The normalized spacial score (nSPS) is 14.5. The highest BCUT2D eigenvalue weighted by Crippen LogP contribution is 2.44. The van der Waals surface area contributed by atoms with Crippen molar-refractivity contribution in [1.29, 1.82) is 0 Å². The maximum absolute atomic E-state index is 12.4. The number of anilines is 1. The smallest absolute Gasteiger partial charge is 0.439 e. The summed E-state index contributed by atoms with van der Waals surface area (Å²) in [5.74, 6) is -1.23. The van der Waals surface area contributed by atoms with Crippen LogP contribution in [0, 0.1) is 0 Å². The minimum absolute atomic E-state index is 0.141. The summed E-state index contributed by atoms with van der Waals surface area (Å²) in [5, 5.41) is 6.10. The van der Waals surface area contributed by atoms with E-state index in [0.717, 1.165) is 18.4 Å². The van der Waals surface area contributed by atoms with Crippen LogP contribution >= 0.6 is 23.2 Å². The molecule has 1 fully saturated rings. The van der Waals surface area contributed by atoms with Crippen LogP contribution in [0.25, 0.3) is 11.0 Å². The maximum Gasteiger partial charge on any atom is 0.439 e. The van der Waals surface area contributed by atoms with E-state index >= 15 is 0 Å². The number of rotatable bonds is 5. The van der Waals surface area contributed by atoms with Crippen molar-refractivity contribution in [3.8, 4) is 11.5 Å². The Morgan fingerprint density at radius 1 is 1.19 bits per heavy atom. The second-order valence-corrected chi connectivity index (χ2v) is 8.52. The summed E-state index contributed by atoms with van der Waals surface area (Å²) in [6.07, 6.45) is 1.86. The van der Waals surface area contributed by atoms with Crippen LogP contribution in [0.2, 0.25) is 10.0 Å². The van der Waals surface area contributed by atoms with Gasteiger partial charge in [-0.2, -0.15) is 0 Å². The van der Waals surface area contributed by atoms with E-state index in [1.54, 1.807) is 22.8 Å². The van der Waals surface area contributed by atoms with Crippen molar-refractivity contribution in [2.24, 2.45) is 0 Å². The summed E-state index contributed by atoms with van der Waals surface area (Å²) in [6.45, 7) is 2.03.